The normalized spacial score (nSPS) is 19.6. The largest absolute Gasteiger partial charge is 0.444 e. The highest BCUT2D eigenvalue weighted by Crippen LogP contribution is 2.35. The highest BCUT2D eigenvalue weighted by atomic mass is 32.2. The van der Waals surface area contributed by atoms with Crippen LogP contribution in [0.2, 0.25) is 0 Å². The van der Waals surface area contributed by atoms with Gasteiger partial charge in [-0.2, -0.15) is 8.42 Å². The Hall–Kier alpha value is -1.74. The molecule has 1 aliphatic rings. The first-order chi connectivity index (χ1) is 12.8. The lowest BCUT2D eigenvalue weighted by atomic mass is 10.1. The van der Waals surface area contributed by atoms with Gasteiger partial charge >= 0.3 is 6.09 Å². The molecule has 2 rings (SSSR count). The number of hydrogen-bond acceptors (Lipinski definition) is 5. The Balaban J connectivity index is 1.91. The summed E-state index contributed by atoms with van der Waals surface area (Å²) in [5.41, 5.74) is 0.133. The number of aryl methyl sites for hydroxylation is 1. The minimum atomic E-state index is -3.90. The quantitative estimate of drug-likeness (QED) is 0.512. The zero-order valence-corrected chi connectivity index (χ0v) is 17.4. The molecule has 0 spiro atoms. The zero-order chi connectivity index (χ0) is 21.2. The van der Waals surface area contributed by atoms with Gasteiger partial charge in [0.25, 0.3) is 16.0 Å². The number of alkyl halides is 2. The molecule has 0 radical (unpaired) electrons. The van der Waals surface area contributed by atoms with E-state index in [1.54, 1.807) is 32.9 Å². The molecular formula is C19H27F2NO5S. The van der Waals surface area contributed by atoms with Gasteiger partial charge in [0.1, 0.15) is 5.60 Å². The van der Waals surface area contributed by atoms with E-state index < -0.39 is 46.7 Å². The number of carbonyl (C=O) groups excluding carboxylic acids is 1. The maximum absolute atomic E-state index is 13.8. The molecule has 1 amide bonds. The van der Waals surface area contributed by atoms with E-state index in [2.05, 4.69) is 0 Å². The van der Waals surface area contributed by atoms with Crippen LogP contribution in [0.15, 0.2) is 29.2 Å². The number of halogens is 2. The Morgan fingerprint density at radius 1 is 1.25 bits per heavy atom. The SMILES string of the molecule is Cc1ccc(S(=O)(=O)OCCCC2CC(F)(F)CN2C(=O)OC(C)(C)C)cc1. The summed E-state index contributed by atoms with van der Waals surface area (Å²) in [6.07, 6.45) is -0.858. The lowest BCUT2D eigenvalue weighted by Crippen LogP contribution is -2.40. The third-order valence-electron chi connectivity index (χ3n) is 4.23. The first-order valence-electron chi connectivity index (χ1n) is 9.13. The Morgan fingerprint density at radius 3 is 2.43 bits per heavy atom. The summed E-state index contributed by atoms with van der Waals surface area (Å²) in [6, 6.07) is 5.50. The van der Waals surface area contributed by atoms with Crippen molar-refractivity contribution < 1.29 is 30.9 Å². The van der Waals surface area contributed by atoms with E-state index in [1.165, 1.54) is 12.1 Å². The van der Waals surface area contributed by atoms with Crippen molar-refractivity contribution in [2.24, 2.45) is 0 Å². The topological polar surface area (TPSA) is 72.9 Å². The molecule has 1 aromatic rings. The number of carbonyl (C=O) groups is 1. The van der Waals surface area contributed by atoms with Crippen LogP contribution in [0.1, 0.15) is 45.6 Å². The molecule has 1 unspecified atom stereocenters. The monoisotopic (exact) mass is 419 g/mol. The van der Waals surface area contributed by atoms with Crippen molar-refractivity contribution in [3.63, 3.8) is 0 Å². The third-order valence-corrected chi connectivity index (χ3v) is 5.56. The Labute approximate surface area is 164 Å². The second-order valence-electron chi connectivity index (χ2n) is 8.05. The van der Waals surface area contributed by atoms with E-state index in [9.17, 15) is 22.0 Å². The Kier molecular flexibility index (Phi) is 6.70. The van der Waals surface area contributed by atoms with Crippen molar-refractivity contribution >= 4 is 16.2 Å². The molecule has 0 aliphatic carbocycles. The fraction of sp³-hybridized carbons (Fsp3) is 0.632. The van der Waals surface area contributed by atoms with E-state index in [1.807, 2.05) is 6.92 Å². The minimum absolute atomic E-state index is 0.0425. The lowest BCUT2D eigenvalue weighted by molar-refractivity contribution is -0.00249. The molecule has 6 nitrogen and oxygen atoms in total. The van der Waals surface area contributed by atoms with Crippen LogP contribution in [-0.2, 0) is 19.0 Å². The second-order valence-corrected chi connectivity index (χ2v) is 9.67. The van der Waals surface area contributed by atoms with Crippen molar-refractivity contribution in [2.75, 3.05) is 13.2 Å². The summed E-state index contributed by atoms with van der Waals surface area (Å²) >= 11 is 0. The van der Waals surface area contributed by atoms with Crippen molar-refractivity contribution in [1.29, 1.82) is 0 Å². The number of likely N-dealkylation sites (tertiary alicyclic amines) is 1. The molecule has 0 N–H and O–H groups in total. The zero-order valence-electron chi connectivity index (χ0n) is 16.6. The standard InChI is InChI=1S/C19H27F2NO5S/c1-14-7-9-16(10-8-14)28(24,25)26-11-5-6-15-12-19(20,21)13-22(15)17(23)27-18(2,3)4/h7-10,15H,5-6,11-13H2,1-4H3. The molecule has 0 bridgehead atoms. The van der Waals surface area contributed by atoms with Crippen LogP contribution >= 0.6 is 0 Å². The van der Waals surface area contributed by atoms with Gasteiger partial charge in [-0.15, -0.1) is 0 Å². The van der Waals surface area contributed by atoms with Crippen LogP contribution in [0.3, 0.4) is 0 Å². The summed E-state index contributed by atoms with van der Waals surface area (Å²) in [4.78, 5) is 13.3. The fourth-order valence-electron chi connectivity index (χ4n) is 2.95. The first-order valence-corrected chi connectivity index (χ1v) is 10.5. The predicted octanol–water partition coefficient (Wildman–Crippen LogP) is 4.13. The van der Waals surface area contributed by atoms with Gasteiger partial charge < -0.3 is 4.74 Å². The molecule has 0 saturated carbocycles. The van der Waals surface area contributed by atoms with E-state index in [4.69, 9.17) is 8.92 Å². The Bertz CT molecular complexity index is 788. The number of benzene rings is 1. The number of ether oxygens (including phenoxy) is 1. The molecule has 28 heavy (non-hydrogen) atoms. The highest BCUT2D eigenvalue weighted by Gasteiger charge is 2.47. The van der Waals surface area contributed by atoms with Gasteiger partial charge in [0.2, 0.25) is 0 Å². The van der Waals surface area contributed by atoms with Gasteiger partial charge in [-0.1, -0.05) is 17.7 Å². The average molecular weight is 419 g/mol. The Morgan fingerprint density at radius 2 is 1.86 bits per heavy atom. The number of amides is 1. The number of hydrogen-bond donors (Lipinski definition) is 0. The highest BCUT2D eigenvalue weighted by molar-refractivity contribution is 7.86. The first kappa shape index (κ1) is 22.5. The van der Waals surface area contributed by atoms with Crippen LogP contribution in [0.5, 0.6) is 0 Å². The lowest BCUT2D eigenvalue weighted by Gasteiger charge is -2.28. The molecule has 0 aromatic heterocycles. The van der Waals surface area contributed by atoms with Crippen LogP contribution in [0, 0.1) is 6.92 Å². The summed E-state index contributed by atoms with van der Waals surface area (Å²) in [5.74, 6) is -2.99. The molecular weight excluding hydrogens is 392 g/mol. The van der Waals surface area contributed by atoms with Gasteiger partial charge in [-0.05, 0) is 52.7 Å². The van der Waals surface area contributed by atoms with Crippen molar-refractivity contribution in [2.45, 2.75) is 69.4 Å². The second kappa shape index (κ2) is 8.32. The average Bonchev–Trinajstić information content (AvgIpc) is 2.85. The van der Waals surface area contributed by atoms with E-state index in [0.29, 0.717) is 0 Å². The van der Waals surface area contributed by atoms with Gasteiger partial charge in [0, 0.05) is 12.5 Å². The van der Waals surface area contributed by atoms with Gasteiger partial charge in [-0.3, -0.25) is 9.08 Å². The maximum atomic E-state index is 13.8. The molecule has 1 atom stereocenters. The predicted molar refractivity (Wildman–Crippen MR) is 99.8 cm³/mol. The molecule has 1 aromatic carbocycles. The van der Waals surface area contributed by atoms with Crippen LogP contribution < -0.4 is 0 Å². The van der Waals surface area contributed by atoms with Gasteiger partial charge in [0.05, 0.1) is 18.0 Å². The summed E-state index contributed by atoms with van der Waals surface area (Å²) < 4.78 is 62.1. The van der Waals surface area contributed by atoms with Crippen molar-refractivity contribution in [3.8, 4) is 0 Å². The van der Waals surface area contributed by atoms with Gasteiger partial charge in [-0.25, -0.2) is 13.6 Å². The third kappa shape index (κ3) is 6.41. The van der Waals surface area contributed by atoms with Crippen LogP contribution in [0.4, 0.5) is 13.6 Å². The number of nitrogens with zero attached hydrogens (tertiary/aromatic N) is 1. The van der Waals surface area contributed by atoms with E-state index in [0.717, 1.165) is 10.5 Å². The molecule has 1 saturated heterocycles. The fourth-order valence-corrected chi connectivity index (χ4v) is 3.89. The van der Waals surface area contributed by atoms with Gasteiger partial charge in [0.15, 0.2) is 0 Å². The van der Waals surface area contributed by atoms with Crippen molar-refractivity contribution in [3.05, 3.63) is 29.8 Å². The van der Waals surface area contributed by atoms with Crippen molar-refractivity contribution in [1.82, 2.24) is 4.90 Å². The molecule has 9 heteroatoms. The van der Waals surface area contributed by atoms with E-state index >= 15 is 0 Å². The maximum Gasteiger partial charge on any atom is 0.410 e. The van der Waals surface area contributed by atoms with E-state index in [-0.39, 0.29) is 24.3 Å². The molecule has 158 valence electrons. The number of rotatable bonds is 6. The minimum Gasteiger partial charge on any atom is -0.444 e. The molecule has 1 aliphatic heterocycles. The van der Waals surface area contributed by atoms with Crippen LogP contribution in [0.25, 0.3) is 0 Å². The summed E-state index contributed by atoms with van der Waals surface area (Å²) in [5, 5.41) is 0. The van der Waals surface area contributed by atoms with Crippen LogP contribution in [-0.4, -0.2) is 50.1 Å². The smallest absolute Gasteiger partial charge is 0.410 e. The summed E-state index contributed by atoms with van der Waals surface area (Å²) in [7, 11) is -3.90. The molecule has 1 heterocycles. The summed E-state index contributed by atoms with van der Waals surface area (Å²) in [6.45, 7) is 5.98. The molecule has 1 fully saturated rings.